The molecule has 1 aliphatic rings. The molecular weight excluding hydrogens is 282 g/mol. The highest BCUT2D eigenvalue weighted by Gasteiger charge is 2.28. The fraction of sp³-hybridized carbons (Fsp3) is 0.417. The number of rotatable bonds is 2. The van der Waals surface area contributed by atoms with Crippen LogP contribution in [-0.2, 0) is 0 Å². The maximum absolute atomic E-state index is 11.9. The summed E-state index contributed by atoms with van der Waals surface area (Å²) in [5.74, 6) is -0.209. The van der Waals surface area contributed by atoms with Gasteiger partial charge in [0.2, 0.25) is 0 Å². The number of nitrogens with one attached hydrogen (secondary N) is 1. The van der Waals surface area contributed by atoms with E-state index in [4.69, 9.17) is 5.26 Å². The second-order valence-electron chi connectivity index (χ2n) is 4.12. The van der Waals surface area contributed by atoms with Gasteiger partial charge in [-0.05, 0) is 47.3 Å². The minimum absolute atomic E-state index is 0.0175. The molecule has 1 saturated carbocycles. The van der Waals surface area contributed by atoms with Crippen LogP contribution in [0.25, 0.3) is 0 Å². The van der Waals surface area contributed by atoms with Crippen LogP contribution >= 0.6 is 15.9 Å². The zero-order valence-electron chi connectivity index (χ0n) is 9.19. The summed E-state index contributed by atoms with van der Waals surface area (Å²) in [6, 6.07) is 5.66. The molecule has 1 aromatic heterocycles. The van der Waals surface area contributed by atoms with Crippen LogP contribution in [-0.4, -0.2) is 16.9 Å². The van der Waals surface area contributed by atoms with Gasteiger partial charge in [0.25, 0.3) is 5.91 Å². The lowest BCUT2D eigenvalue weighted by Crippen LogP contribution is -2.36. The first kappa shape index (κ1) is 12.1. The summed E-state index contributed by atoms with van der Waals surface area (Å²) < 4.78 is 0.699. The summed E-state index contributed by atoms with van der Waals surface area (Å²) in [6.45, 7) is 0. The van der Waals surface area contributed by atoms with Crippen molar-refractivity contribution in [1.82, 2.24) is 10.3 Å². The van der Waals surface area contributed by atoms with Crippen molar-refractivity contribution >= 4 is 21.8 Å². The summed E-state index contributed by atoms with van der Waals surface area (Å²) in [7, 11) is 0. The Morgan fingerprint density at radius 3 is 3.00 bits per heavy atom. The highest BCUT2D eigenvalue weighted by atomic mass is 79.9. The third-order valence-corrected chi connectivity index (χ3v) is 3.46. The van der Waals surface area contributed by atoms with Crippen molar-refractivity contribution in [2.45, 2.75) is 25.3 Å². The van der Waals surface area contributed by atoms with E-state index < -0.39 is 0 Å². The number of hydrogen-bond acceptors (Lipinski definition) is 3. The fourth-order valence-corrected chi connectivity index (χ4v) is 2.28. The largest absolute Gasteiger partial charge is 0.348 e. The third-order valence-electron chi connectivity index (χ3n) is 2.99. The molecule has 17 heavy (non-hydrogen) atoms. The van der Waals surface area contributed by atoms with Gasteiger partial charge >= 0.3 is 0 Å². The Kier molecular flexibility index (Phi) is 3.75. The summed E-state index contributed by atoms with van der Waals surface area (Å²) in [5, 5.41) is 11.8. The van der Waals surface area contributed by atoms with Crippen LogP contribution in [0.5, 0.6) is 0 Å². The standard InChI is InChI=1S/C12H12BrN3O/c13-11-5-4-9(7-15-11)12(17)16-10-3-1-2-8(10)6-14/h4-5,7-8,10H,1-3H2,(H,16,17). The molecule has 1 fully saturated rings. The van der Waals surface area contributed by atoms with Crippen LogP contribution in [0.3, 0.4) is 0 Å². The molecule has 1 amide bonds. The minimum Gasteiger partial charge on any atom is -0.348 e. The van der Waals surface area contributed by atoms with E-state index in [0.717, 1.165) is 19.3 Å². The molecular formula is C12H12BrN3O. The zero-order chi connectivity index (χ0) is 12.3. The van der Waals surface area contributed by atoms with Gasteiger partial charge in [0.15, 0.2) is 0 Å². The lowest BCUT2D eigenvalue weighted by atomic mass is 10.1. The number of halogens is 1. The van der Waals surface area contributed by atoms with Gasteiger partial charge in [0.05, 0.1) is 17.6 Å². The molecule has 0 bridgehead atoms. The Hall–Kier alpha value is -1.41. The molecule has 88 valence electrons. The molecule has 1 N–H and O–H groups in total. The highest BCUT2D eigenvalue weighted by molar-refractivity contribution is 9.10. The van der Waals surface area contributed by atoms with Gasteiger partial charge in [0, 0.05) is 12.2 Å². The Bertz CT molecular complexity index is 452. The maximum Gasteiger partial charge on any atom is 0.253 e. The summed E-state index contributed by atoms with van der Waals surface area (Å²) >= 11 is 3.22. The Labute approximate surface area is 108 Å². The van der Waals surface area contributed by atoms with Crippen LogP contribution in [0.15, 0.2) is 22.9 Å². The number of nitriles is 1. The lowest BCUT2D eigenvalue weighted by molar-refractivity contribution is 0.0932. The number of hydrogen-bond donors (Lipinski definition) is 1. The van der Waals surface area contributed by atoms with Crippen LogP contribution in [0.1, 0.15) is 29.6 Å². The molecule has 1 aliphatic carbocycles. The molecule has 0 saturated heterocycles. The first-order chi connectivity index (χ1) is 8.20. The van der Waals surface area contributed by atoms with Crippen molar-refractivity contribution in [2.24, 2.45) is 5.92 Å². The Morgan fingerprint density at radius 2 is 2.35 bits per heavy atom. The molecule has 0 radical (unpaired) electrons. The van der Waals surface area contributed by atoms with Gasteiger partial charge in [-0.1, -0.05) is 0 Å². The number of aromatic nitrogens is 1. The number of carbonyl (C=O) groups is 1. The van der Waals surface area contributed by atoms with E-state index in [1.54, 1.807) is 12.1 Å². The van der Waals surface area contributed by atoms with Crippen molar-refractivity contribution in [3.8, 4) is 6.07 Å². The predicted octanol–water partition coefficient (Wildman–Crippen LogP) is 2.27. The van der Waals surface area contributed by atoms with Crippen LogP contribution in [0.4, 0.5) is 0 Å². The number of carbonyl (C=O) groups excluding carboxylic acids is 1. The molecule has 4 nitrogen and oxygen atoms in total. The normalized spacial score (nSPS) is 23.1. The van der Waals surface area contributed by atoms with Gasteiger partial charge in [-0.25, -0.2) is 4.98 Å². The average Bonchev–Trinajstić information content (AvgIpc) is 2.77. The molecule has 2 atom stereocenters. The second-order valence-corrected chi connectivity index (χ2v) is 4.93. The first-order valence-electron chi connectivity index (χ1n) is 5.53. The van der Waals surface area contributed by atoms with Crippen molar-refractivity contribution in [2.75, 3.05) is 0 Å². The first-order valence-corrected chi connectivity index (χ1v) is 6.32. The molecule has 0 spiro atoms. The van der Waals surface area contributed by atoms with Crippen molar-refractivity contribution in [3.05, 3.63) is 28.5 Å². The number of amides is 1. The van der Waals surface area contributed by atoms with Gasteiger partial charge < -0.3 is 5.32 Å². The van der Waals surface area contributed by atoms with Crippen LogP contribution in [0, 0.1) is 17.2 Å². The zero-order valence-corrected chi connectivity index (χ0v) is 10.8. The van der Waals surface area contributed by atoms with Crippen molar-refractivity contribution in [3.63, 3.8) is 0 Å². The van der Waals surface area contributed by atoms with Gasteiger partial charge in [-0.15, -0.1) is 0 Å². The van der Waals surface area contributed by atoms with E-state index in [1.165, 1.54) is 6.20 Å². The number of nitrogens with zero attached hydrogens (tertiary/aromatic N) is 2. The van der Waals surface area contributed by atoms with E-state index in [0.29, 0.717) is 10.2 Å². The Morgan fingerprint density at radius 1 is 1.53 bits per heavy atom. The quantitative estimate of drug-likeness (QED) is 0.851. The van der Waals surface area contributed by atoms with Gasteiger partial charge in [-0.2, -0.15) is 5.26 Å². The average molecular weight is 294 g/mol. The molecule has 0 aromatic carbocycles. The van der Waals surface area contributed by atoms with Gasteiger partial charge in [-0.3, -0.25) is 4.79 Å². The predicted molar refractivity (Wildman–Crippen MR) is 66.1 cm³/mol. The van der Waals surface area contributed by atoms with Crippen molar-refractivity contribution < 1.29 is 4.79 Å². The summed E-state index contributed by atoms with van der Waals surface area (Å²) in [4.78, 5) is 15.9. The SMILES string of the molecule is N#CC1CCCC1NC(=O)c1ccc(Br)nc1. The Balaban J connectivity index is 2.02. The van der Waals surface area contributed by atoms with E-state index in [-0.39, 0.29) is 17.9 Å². The maximum atomic E-state index is 11.9. The van der Waals surface area contributed by atoms with Crippen LogP contribution in [0.2, 0.25) is 0 Å². The summed E-state index contributed by atoms with van der Waals surface area (Å²) in [5.41, 5.74) is 0.525. The fourth-order valence-electron chi connectivity index (χ4n) is 2.05. The van der Waals surface area contributed by atoms with E-state index in [1.807, 2.05) is 0 Å². The molecule has 0 aliphatic heterocycles. The van der Waals surface area contributed by atoms with E-state index >= 15 is 0 Å². The van der Waals surface area contributed by atoms with Crippen molar-refractivity contribution in [1.29, 1.82) is 5.26 Å². The topological polar surface area (TPSA) is 65.8 Å². The van der Waals surface area contributed by atoms with E-state index in [2.05, 4.69) is 32.3 Å². The van der Waals surface area contributed by atoms with Crippen LogP contribution < -0.4 is 5.32 Å². The molecule has 2 rings (SSSR count). The molecule has 1 heterocycles. The summed E-state index contributed by atoms with van der Waals surface area (Å²) in [6.07, 6.45) is 4.28. The van der Waals surface area contributed by atoms with Gasteiger partial charge in [0.1, 0.15) is 4.60 Å². The highest BCUT2D eigenvalue weighted by Crippen LogP contribution is 2.25. The second kappa shape index (κ2) is 5.28. The molecule has 2 unspecified atom stereocenters. The minimum atomic E-state index is -0.155. The smallest absolute Gasteiger partial charge is 0.253 e. The monoisotopic (exact) mass is 293 g/mol. The molecule has 1 aromatic rings. The third kappa shape index (κ3) is 2.83. The van der Waals surface area contributed by atoms with E-state index in [9.17, 15) is 4.79 Å². The molecule has 5 heteroatoms. The lowest BCUT2D eigenvalue weighted by Gasteiger charge is -2.15. The number of pyridine rings is 1.